The number of carbonyl (C=O) groups excluding carboxylic acids is 1. The number of nitriles is 1. The summed E-state index contributed by atoms with van der Waals surface area (Å²) in [6, 6.07) is 2.06. The average molecular weight is 407 g/mol. The van der Waals surface area contributed by atoms with Gasteiger partial charge in [-0.2, -0.15) is 5.26 Å². The van der Waals surface area contributed by atoms with E-state index in [9.17, 15) is 10.1 Å². The fourth-order valence-corrected chi connectivity index (χ4v) is 3.76. The highest BCUT2D eigenvalue weighted by Crippen LogP contribution is 2.31. The first-order valence-corrected chi connectivity index (χ1v) is 8.94. The second kappa shape index (κ2) is 8.40. The van der Waals surface area contributed by atoms with Crippen LogP contribution in [0, 0.1) is 17.2 Å². The molecule has 0 spiro atoms. The highest BCUT2D eigenvalue weighted by atomic mass is 35.5. The van der Waals surface area contributed by atoms with E-state index in [4.69, 9.17) is 46.4 Å². The lowest BCUT2D eigenvalue weighted by Gasteiger charge is -2.32. The Morgan fingerprint density at radius 2 is 2.12 bits per heavy atom. The Balaban J connectivity index is 2.20. The van der Waals surface area contributed by atoms with Gasteiger partial charge < -0.3 is 5.32 Å². The van der Waals surface area contributed by atoms with Crippen LogP contribution < -0.4 is 5.32 Å². The normalized spacial score (nSPS) is 24.3. The van der Waals surface area contributed by atoms with Crippen LogP contribution in [0.25, 0.3) is 0 Å². The lowest BCUT2D eigenvalue weighted by Crippen LogP contribution is -2.44. The van der Waals surface area contributed by atoms with Crippen LogP contribution in [-0.2, 0) is 0 Å². The van der Waals surface area contributed by atoms with Crippen molar-refractivity contribution in [2.24, 2.45) is 5.92 Å². The summed E-state index contributed by atoms with van der Waals surface area (Å²) in [5.74, 6) is -0.611. The molecule has 1 heterocycles. The molecular formula is C16H15Cl4N3O. The minimum Gasteiger partial charge on any atom is -0.383 e. The molecule has 8 heteroatoms. The van der Waals surface area contributed by atoms with Gasteiger partial charge in [0.25, 0.3) is 0 Å². The Labute approximate surface area is 160 Å². The summed E-state index contributed by atoms with van der Waals surface area (Å²) >= 11 is 24.2. The molecule has 1 fully saturated rings. The molecule has 1 aromatic heterocycles. The molecule has 128 valence electrons. The summed E-state index contributed by atoms with van der Waals surface area (Å²) < 4.78 is 0. The van der Waals surface area contributed by atoms with Crippen molar-refractivity contribution in [3.8, 4) is 6.07 Å². The zero-order valence-electron chi connectivity index (χ0n) is 12.8. The number of halogens is 4. The van der Waals surface area contributed by atoms with Crippen molar-refractivity contribution in [1.29, 1.82) is 5.26 Å². The first-order valence-electron chi connectivity index (χ1n) is 7.37. The number of rotatable bonds is 4. The Bertz CT molecular complexity index is 714. The van der Waals surface area contributed by atoms with E-state index in [1.807, 2.05) is 0 Å². The molecule has 3 unspecified atom stereocenters. The van der Waals surface area contributed by atoms with Crippen molar-refractivity contribution in [2.75, 3.05) is 0 Å². The van der Waals surface area contributed by atoms with E-state index in [0.717, 1.165) is 19.3 Å². The van der Waals surface area contributed by atoms with Gasteiger partial charge in [0, 0.05) is 18.0 Å². The number of nitrogens with one attached hydrogen (secondary N) is 1. The lowest BCUT2D eigenvalue weighted by molar-refractivity contribution is 0.104. The van der Waals surface area contributed by atoms with Gasteiger partial charge >= 0.3 is 0 Å². The third-order valence-electron chi connectivity index (χ3n) is 3.90. The Kier molecular flexibility index (Phi) is 6.77. The molecule has 0 saturated heterocycles. The second-order valence-electron chi connectivity index (χ2n) is 5.63. The quantitative estimate of drug-likeness (QED) is 0.330. The molecule has 0 aliphatic heterocycles. The molecular weight excluding hydrogens is 392 g/mol. The minimum absolute atomic E-state index is 0.0127. The Morgan fingerprint density at radius 1 is 1.42 bits per heavy atom. The van der Waals surface area contributed by atoms with E-state index in [-0.39, 0.29) is 38.1 Å². The number of allylic oxidation sites excluding steroid dienone is 2. The van der Waals surface area contributed by atoms with Gasteiger partial charge in [-0.15, -0.1) is 11.6 Å². The summed E-state index contributed by atoms with van der Waals surface area (Å²) in [4.78, 5) is 16.3. The van der Waals surface area contributed by atoms with Crippen molar-refractivity contribution < 1.29 is 4.79 Å². The molecule has 1 aromatic rings. The number of hydrogen-bond donors (Lipinski definition) is 1. The van der Waals surface area contributed by atoms with Crippen molar-refractivity contribution in [3.05, 3.63) is 38.7 Å². The Morgan fingerprint density at radius 3 is 2.79 bits per heavy atom. The first kappa shape index (κ1) is 19.3. The first-order chi connectivity index (χ1) is 11.3. The summed E-state index contributed by atoms with van der Waals surface area (Å²) in [6.45, 7) is 1.73. The van der Waals surface area contributed by atoms with E-state index >= 15 is 0 Å². The largest absolute Gasteiger partial charge is 0.383 e. The van der Waals surface area contributed by atoms with Crippen LogP contribution in [0.2, 0.25) is 15.2 Å². The van der Waals surface area contributed by atoms with E-state index < -0.39 is 5.78 Å². The average Bonchev–Trinajstić information content (AvgIpc) is 2.53. The van der Waals surface area contributed by atoms with Crippen LogP contribution in [-0.4, -0.2) is 22.2 Å². The van der Waals surface area contributed by atoms with Crippen LogP contribution >= 0.6 is 46.4 Å². The highest BCUT2D eigenvalue weighted by molar-refractivity contribution is 6.46. The van der Waals surface area contributed by atoms with Crippen LogP contribution in [0.15, 0.2) is 18.0 Å². The van der Waals surface area contributed by atoms with Crippen molar-refractivity contribution in [3.63, 3.8) is 0 Å². The second-order valence-corrected chi connectivity index (χ2v) is 7.33. The molecule has 24 heavy (non-hydrogen) atoms. The molecule has 0 amide bonds. The van der Waals surface area contributed by atoms with E-state index in [1.54, 1.807) is 6.92 Å². The molecule has 0 bridgehead atoms. The molecule has 1 N–H and O–H groups in total. The summed E-state index contributed by atoms with van der Waals surface area (Å²) in [5.41, 5.74) is 0.625. The van der Waals surface area contributed by atoms with Gasteiger partial charge in [0.1, 0.15) is 5.15 Å². The van der Waals surface area contributed by atoms with Crippen molar-refractivity contribution in [1.82, 2.24) is 10.3 Å². The van der Waals surface area contributed by atoms with Crippen molar-refractivity contribution in [2.45, 2.75) is 37.6 Å². The number of hydrogen-bond acceptors (Lipinski definition) is 4. The highest BCUT2D eigenvalue weighted by Gasteiger charge is 2.32. The molecule has 0 radical (unpaired) electrons. The molecule has 1 saturated carbocycles. The third kappa shape index (κ3) is 4.34. The Hall–Kier alpha value is -0.990. The molecule has 3 atom stereocenters. The number of pyridine rings is 1. The summed E-state index contributed by atoms with van der Waals surface area (Å²) in [5, 5.41) is 12.5. The zero-order chi connectivity index (χ0) is 17.9. The fourth-order valence-electron chi connectivity index (χ4n) is 2.71. The smallest absolute Gasteiger partial charge is 0.192 e. The minimum atomic E-state index is -0.416. The molecule has 1 aliphatic rings. The fraction of sp³-hybridized carbons (Fsp3) is 0.438. The van der Waals surface area contributed by atoms with Crippen LogP contribution in [0.5, 0.6) is 0 Å². The number of carbonyl (C=O) groups is 1. The monoisotopic (exact) mass is 405 g/mol. The third-order valence-corrected chi connectivity index (χ3v) is 5.45. The molecule has 2 rings (SSSR count). The number of aromatic nitrogens is 1. The van der Waals surface area contributed by atoms with Crippen LogP contribution in [0.1, 0.15) is 36.5 Å². The molecule has 0 aromatic carbocycles. The van der Waals surface area contributed by atoms with Gasteiger partial charge in [0.2, 0.25) is 0 Å². The predicted octanol–water partition coefficient (Wildman–Crippen LogP) is 5.02. The standard InChI is InChI=1S/C16H15Cl4N3O/c1-8(23-15-9(6-21)3-2-4-10(15)17)5-12(24)13-14(19)11(18)7-22-16(13)20/h5,7,9-10,15,23H,2-4H2,1H3/b8-5+. The summed E-state index contributed by atoms with van der Waals surface area (Å²) in [7, 11) is 0. The molecule has 4 nitrogen and oxygen atoms in total. The van der Waals surface area contributed by atoms with Gasteiger partial charge in [0.05, 0.1) is 39.0 Å². The van der Waals surface area contributed by atoms with Gasteiger partial charge in [-0.3, -0.25) is 4.79 Å². The maximum Gasteiger partial charge on any atom is 0.192 e. The van der Waals surface area contributed by atoms with Crippen LogP contribution in [0.3, 0.4) is 0 Å². The zero-order valence-corrected chi connectivity index (χ0v) is 15.8. The van der Waals surface area contributed by atoms with Crippen molar-refractivity contribution >= 4 is 52.2 Å². The number of alkyl halides is 1. The molecule has 1 aliphatic carbocycles. The van der Waals surface area contributed by atoms with Gasteiger partial charge in [-0.25, -0.2) is 4.98 Å². The number of ketones is 1. The van der Waals surface area contributed by atoms with Gasteiger partial charge in [-0.1, -0.05) is 41.2 Å². The van der Waals surface area contributed by atoms with E-state index in [0.29, 0.717) is 5.70 Å². The van der Waals surface area contributed by atoms with E-state index in [1.165, 1.54) is 12.3 Å². The predicted molar refractivity (Wildman–Crippen MR) is 96.9 cm³/mol. The maximum atomic E-state index is 12.4. The topological polar surface area (TPSA) is 65.8 Å². The lowest BCUT2D eigenvalue weighted by atomic mass is 9.85. The SMILES string of the molecule is C/C(=C\C(=O)c1c(Cl)ncc(Cl)c1Cl)NC1C(Cl)CCCC1C#N. The maximum absolute atomic E-state index is 12.4. The number of nitrogens with zero attached hydrogens (tertiary/aromatic N) is 2. The van der Waals surface area contributed by atoms with Gasteiger partial charge in [-0.05, 0) is 19.8 Å². The van der Waals surface area contributed by atoms with Crippen LogP contribution in [0.4, 0.5) is 0 Å². The van der Waals surface area contributed by atoms with Gasteiger partial charge in [0.15, 0.2) is 5.78 Å². The van der Waals surface area contributed by atoms with E-state index in [2.05, 4.69) is 16.4 Å². The summed E-state index contributed by atoms with van der Waals surface area (Å²) in [6.07, 6.45) is 5.18.